The van der Waals surface area contributed by atoms with Gasteiger partial charge in [-0.1, -0.05) is 18.2 Å². The molecule has 2 rings (SSSR count). The fraction of sp³-hybridized carbons (Fsp3) is 0.316. The molecular weight excluding hydrogens is 304 g/mol. The lowest BCUT2D eigenvalue weighted by atomic mass is 10.1. The van der Waals surface area contributed by atoms with E-state index in [0.29, 0.717) is 31.0 Å². The molecule has 2 aromatic rings. The van der Waals surface area contributed by atoms with Crippen molar-refractivity contribution in [2.24, 2.45) is 0 Å². The standard InChI is InChI=1S/C19H24N2O3/c1-14-4-7-16(20)12-18(14)19(22)21-10-3-11-24-13-15-5-8-17(23-2)9-6-15/h4-9,12H,3,10-11,13,20H2,1-2H3,(H,21,22). The van der Waals surface area contributed by atoms with Crippen molar-refractivity contribution < 1.29 is 14.3 Å². The van der Waals surface area contributed by atoms with Gasteiger partial charge < -0.3 is 20.5 Å². The van der Waals surface area contributed by atoms with Crippen LogP contribution >= 0.6 is 0 Å². The van der Waals surface area contributed by atoms with E-state index in [1.807, 2.05) is 37.3 Å². The highest BCUT2D eigenvalue weighted by molar-refractivity contribution is 5.96. The number of carbonyl (C=O) groups excluding carboxylic acids is 1. The fourth-order valence-corrected chi connectivity index (χ4v) is 2.27. The zero-order chi connectivity index (χ0) is 17.4. The van der Waals surface area contributed by atoms with Gasteiger partial charge in [0.15, 0.2) is 0 Å². The molecule has 0 aliphatic rings. The Hall–Kier alpha value is -2.53. The third kappa shape index (κ3) is 5.28. The first-order chi connectivity index (χ1) is 11.6. The molecule has 0 spiro atoms. The van der Waals surface area contributed by atoms with Crippen LogP contribution in [-0.2, 0) is 11.3 Å². The first kappa shape index (κ1) is 17.8. The lowest BCUT2D eigenvalue weighted by Gasteiger charge is -2.09. The van der Waals surface area contributed by atoms with Gasteiger partial charge in [-0.05, 0) is 48.7 Å². The zero-order valence-electron chi connectivity index (χ0n) is 14.2. The largest absolute Gasteiger partial charge is 0.497 e. The number of hydrogen-bond acceptors (Lipinski definition) is 4. The second-order valence-electron chi connectivity index (χ2n) is 5.58. The van der Waals surface area contributed by atoms with Gasteiger partial charge in [0, 0.05) is 24.4 Å². The molecule has 0 aliphatic carbocycles. The third-order valence-corrected chi connectivity index (χ3v) is 3.69. The summed E-state index contributed by atoms with van der Waals surface area (Å²) in [6.45, 7) is 3.59. The second kappa shape index (κ2) is 8.93. The number of aryl methyl sites for hydroxylation is 1. The third-order valence-electron chi connectivity index (χ3n) is 3.69. The van der Waals surface area contributed by atoms with Crippen molar-refractivity contribution in [2.45, 2.75) is 20.0 Å². The summed E-state index contributed by atoms with van der Waals surface area (Å²) in [4.78, 5) is 12.1. The lowest BCUT2D eigenvalue weighted by Crippen LogP contribution is -2.26. The minimum absolute atomic E-state index is 0.102. The van der Waals surface area contributed by atoms with Gasteiger partial charge in [-0.3, -0.25) is 4.79 Å². The molecule has 24 heavy (non-hydrogen) atoms. The number of nitrogens with one attached hydrogen (secondary N) is 1. The molecule has 0 saturated heterocycles. The summed E-state index contributed by atoms with van der Waals surface area (Å²) in [6, 6.07) is 13.1. The number of nitrogen functional groups attached to an aromatic ring is 1. The van der Waals surface area contributed by atoms with Gasteiger partial charge in [0.1, 0.15) is 5.75 Å². The molecule has 1 amide bonds. The number of benzene rings is 2. The van der Waals surface area contributed by atoms with Gasteiger partial charge in [-0.15, -0.1) is 0 Å². The zero-order valence-corrected chi connectivity index (χ0v) is 14.2. The first-order valence-electron chi connectivity index (χ1n) is 7.95. The molecular formula is C19H24N2O3. The molecule has 0 aromatic heterocycles. The summed E-state index contributed by atoms with van der Waals surface area (Å²) in [5, 5.41) is 2.89. The summed E-state index contributed by atoms with van der Waals surface area (Å²) >= 11 is 0. The average molecular weight is 328 g/mol. The van der Waals surface area contributed by atoms with Crippen molar-refractivity contribution in [1.82, 2.24) is 5.32 Å². The highest BCUT2D eigenvalue weighted by Gasteiger charge is 2.08. The predicted octanol–water partition coefficient (Wildman–Crippen LogP) is 2.92. The van der Waals surface area contributed by atoms with Crippen LogP contribution in [0.25, 0.3) is 0 Å². The SMILES string of the molecule is COc1ccc(COCCCNC(=O)c2cc(N)ccc2C)cc1. The highest BCUT2D eigenvalue weighted by Crippen LogP contribution is 2.13. The number of carbonyl (C=O) groups is 1. The topological polar surface area (TPSA) is 73.6 Å². The first-order valence-corrected chi connectivity index (χ1v) is 7.95. The van der Waals surface area contributed by atoms with Crippen LogP contribution in [-0.4, -0.2) is 26.2 Å². The molecule has 0 heterocycles. The number of rotatable bonds is 8. The molecule has 0 unspecified atom stereocenters. The van der Waals surface area contributed by atoms with Crippen LogP contribution in [0, 0.1) is 6.92 Å². The van der Waals surface area contributed by atoms with E-state index in [-0.39, 0.29) is 5.91 Å². The normalized spacial score (nSPS) is 10.4. The van der Waals surface area contributed by atoms with Crippen molar-refractivity contribution in [1.29, 1.82) is 0 Å². The molecule has 0 atom stereocenters. The van der Waals surface area contributed by atoms with Gasteiger partial charge in [0.05, 0.1) is 13.7 Å². The van der Waals surface area contributed by atoms with Gasteiger partial charge in [-0.25, -0.2) is 0 Å². The van der Waals surface area contributed by atoms with E-state index >= 15 is 0 Å². The van der Waals surface area contributed by atoms with Crippen LogP contribution in [0.4, 0.5) is 5.69 Å². The quantitative estimate of drug-likeness (QED) is 0.577. The maximum Gasteiger partial charge on any atom is 0.251 e. The van der Waals surface area contributed by atoms with Crippen molar-refractivity contribution in [3.8, 4) is 5.75 Å². The van der Waals surface area contributed by atoms with Crippen molar-refractivity contribution in [2.75, 3.05) is 26.0 Å². The molecule has 128 valence electrons. The maximum atomic E-state index is 12.1. The Morgan fingerprint density at radius 1 is 1.17 bits per heavy atom. The summed E-state index contributed by atoms with van der Waals surface area (Å²) in [5.74, 6) is 0.730. The average Bonchev–Trinajstić information content (AvgIpc) is 2.60. The molecule has 5 heteroatoms. The van der Waals surface area contributed by atoms with E-state index in [4.69, 9.17) is 15.2 Å². The summed E-state index contributed by atoms with van der Waals surface area (Å²) in [6.07, 6.45) is 0.753. The summed E-state index contributed by atoms with van der Waals surface area (Å²) in [5.41, 5.74) is 8.94. The van der Waals surface area contributed by atoms with Gasteiger partial charge in [0.25, 0.3) is 5.91 Å². The van der Waals surface area contributed by atoms with Gasteiger partial charge in [0.2, 0.25) is 0 Å². The smallest absolute Gasteiger partial charge is 0.251 e. The van der Waals surface area contributed by atoms with Gasteiger partial charge in [-0.2, -0.15) is 0 Å². The van der Waals surface area contributed by atoms with E-state index in [0.717, 1.165) is 23.3 Å². The monoisotopic (exact) mass is 328 g/mol. The van der Waals surface area contributed by atoms with Crippen LogP contribution in [0.1, 0.15) is 27.9 Å². The molecule has 0 aliphatic heterocycles. The molecule has 3 N–H and O–H groups in total. The minimum atomic E-state index is -0.102. The molecule has 2 aromatic carbocycles. The Bertz CT molecular complexity index is 669. The van der Waals surface area contributed by atoms with E-state index in [1.54, 1.807) is 19.2 Å². The van der Waals surface area contributed by atoms with Crippen molar-refractivity contribution in [3.05, 3.63) is 59.2 Å². The van der Waals surface area contributed by atoms with Crippen LogP contribution in [0.5, 0.6) is 5.75 Å². The maximum absolute atomic E-state index is 12.1. The number of ether oxygens (including phenoxy) is 2. The Kier molecular flexibility index (Phi) is 6.63. The molecule has 0 saturated carbocycles. The minimum Gasteiger partial charge on any atom is -0.497 e. The van der Waals surface area contributed by atoms with Crippen molar-refractivity contribution >= 4 is 11.6 Å². The Morgan fingerprint density at radius 2 is 1.92 bits per heavy atom. The second-order valence-corrected chi connectivity index (χ2v) is 5.58. The predicted molar refractivity (Wildman–Crippen MR) is 95.2 cm³/mol. The molecule has 0 radical (unpaired) electrons. The Morgan fingerprint density at radius 3 is 2.62 bits per heavy atom. The van der Waals surface area contributed by atoms with E-state index in [1.165, 1.54) is 0 Å². The highest BCUT2D eigenvalue weighted by atomic mass is 16.5. The number of hydrogen-bond donors (Lipinski definition) is 2. The van der Waals surface area contributed by atoms with Crippen LogP contribution < -0.4 is 15.8 Å². The van der Waals surface area contributed by atoms with Gasteiger partial charge >= 0.3 is 0 Å². The Labute approximate surface area is 142 Å². The molecule has 0 fully saturated rings. The van der Waals surface area contributed by atoms with Crippen molar-refractivity contribution in [3.63, 3.8) is 0 Å². The number of anilines is 1. The van der Waals surface area contributed by atoms with Crippen LogP contribution in [0.2, 0.25) is 0 Å². The van der Waals surface area contributed by atoms with Crippen LogP contribution in [0.15, 0.2) is 42.5 Å². The van der Waals surface area contributed by atoms with E-state index in [2.05, 4.69) is 5.32 Å². The molecule has 0 bridgehead atoms. The number of nitrogens with two attached hydrogens (primary N) is 1. The summed E-state index contributed by atoms with van der Waals surface area (Å²) < 4.78 is 10.7. The number of amides is 1. The summed E-state index contributed by atoms with van der Waals surface area (Å²) in [7, 11) is 1.64. The Balaban J connectivity index is 1.65. The number of methoxy groups -OCH3 is 1. The lowest BCUT2D eigenvalue weighted by molar-refractivity contribution is 0.0934. The van der Waals surface area contributed by atoms with E-state index < -0.39 is 0 Å². The molecule has 5 nitrogen and oxygen atoms in total. The van der Waals surface area contributed by atoms with E-state index in [9.17, 15) is 4.79 Å². The van der Waals surface area contributed by atoms with Crippen LogP contribution in [0.3, 0.4) is 0 Å². The fourth-order valence-electron chi connectivity index (χ4n) is 2.27.